The van der Waals surface area contributed by atoms with E-state index in [-0.39, 0.29) is 29.5 Å². The lowest BCUT2D eigenvalue weighted by Gasteiger charge is -2.19. The van der Waals surface area contributed by atoms with Gasteiger partial charge in [-0.2, -0.15) is 0 Å². The van der Waals surface area contributed by atoms with E-state index in [1.807, 2.05) is 45.0 Å². The van der Waals surface area contributed by atoms with E-state index in [2.05, 4.69) is 33.5 Å². The summed E-state index contributed by atoms with van der Waals surface area (Å²) in [4.78, 5) is 52.1. The van der Waals surface area contributed by atoms with Crippen LogP contribution in [0.25, 0.3) is 10.6 Å². The van der Waals surface area contributed by atoms with Crippen molar-refractivity contribution in [2.45, 2.75) is 39.2 Å². The van der Waals surface area contributed by atoms with Crippen LogP contribution < -0.4 is 10.6 Å². The van der Waals surface area contributed by atoms with Crippen LogP contribution in [0.5, 0.6) is 0 Å². The minimum atomic E-state index is -0.815. The number of carbonyl (C=O) groups excluding carboxylic acids is 4. The van der Waals surface area contributed by atoms with Crippen molar-refractivity contribution in [2.24, 2.45) is 0 Å². The average Bonchev–Trinajstić information content (AvgIpc) is 3.26. The van der Waals surface area contributed by atoms with Gasteiger partial charge >= 0.3 is 11.9 Å². The maximum Gasteiger partial charge on any atom is 0.353 e. The summed E-state index contributed by atoms with van der Waals surface area (Å²) in [7, 11) is 1.15. The molecule has 9 nitrogen and oxygen atoms in total. The van der Waals surface area contributed by atoms with Gasteiger partial charge in [-0.3, -0.25) is 14.4 Å². The number of nitrogens with one attached hydrogen (secondary N) is 2. The lowest BCUT2D eigenvalue weighted by molar-refractivity contribution is -0.154. The van der Waals surface area contributed by atoms with Crippen molar-refractivity contribution in [3.63, 3.8) is 0 Å². The van der Waals surface area contributed by atoms with Gasteiger partial charge in [0.15, 0.2) is 0 Å². The fourth-order valence-corrected chi connectivity index (χ4v) is 3.45. The number of nitrogens with zero attached hydrogens (tertiary/aromatic N) is 1. The van der Waals surface area contributed by atoms with E-state index in [1.54, 1.807) is 5.38 Å². The van der Waals surface area contributed by atoms with Crippen LogP contribution in [0.2, 0.25) is 0 Å². The Morgan fingerprint density at radius 2 is 1.79 bits per heavy atom. The van der Waals surface area contributed by atoms with Gasteiger partial charge in [0.2, 0.25) is 0 Å². The quantitative estimate of drug-likeness (QED) is 0.413. The Kier molecular flexibility index (Phi) is 8.85. The molecule has 2 amide bonds. The molecule has 0 aliphatic carbocycles. The van der Waals surface area contributed by atoms with E-state index in [1.165, 1.54) is 11.3 Å². The summed E-state index contributed by atoms with van der Waals surface area (Å²) in [5.74, 6) is -2.53. The van der Waals surface area contributed by atoms with E-state index in [4.69, 9.17) is 4.74 Å². The lowest BCUT2D eigenvalue weighted by atomic mass is 10.1. The number of thiazole rings is 1. The Bertz CT molecular complexity index is 1130. The van der Waals surface area contributed by atoms with Gasteiger partial charge in [-0.15, -0.1) is 11.3 Å². The first kappa shape index (κ1) is 26.5. The summed E-state index contributed by atoms with van der Waals surface area (Å²) in [6.45, 7) is 12.3. The number of aryl methyl sites for hydroxylation is 1. The Balaban J connectivity index is 2.00. The molecule has 0 atom stereocenters. The molecule has 2 aromatic rings. The summed E-state index contributed by atoms with van der Waals surface area (Å²) in [5.41, 5.74) is 0.717. The molecule has 0 aliphatic rings. The van der Waals surface area contributed by atoms with E-state index in [9.17, 15) is 19.2 Å². The molecule has 34 heavy (non-hydrogen) atoms. The van der Waals surface area contributed by atoms with Crippen LogP contribution >= 0.6 is 11.3 Å². The number of esters is 2. The monoisotopic (exact) mass is 485 g/mol. The summed E-state index contributed by atoms with van der Waals surface area (Å²) >= 11 is 1.26. The number of rotatable bonds is 9. The molecule has 1 aromatic heterocycles. The Hall–Kier alpha value is -3.79. The maximum atomic E-state index is 12.5. The number of aromatic nitrogens is 1. The highest BCUT2D eigenvalue weighted by Gasteiger charge is 2.19. The molecule has 2 N–H and O–H groups in total. The van der Waals surface area contributed by atoms with E-state index < -0.39 is 23.4 Å². The number of benzene rings is 1. The second kappa shape index (κ2) is 11.4. The van der Waals surface area contributed by atoms with Gasteiger partial charge in [0.1, 0.15) is 22.0 Å². The van der Waals surface area contributed by atoms with E-state index in [0.717, 1.165) is 18.2 Å². The average molecular weight is 486 g/mol. The molecule has 0 bridgehead atoms. The third-order valence-corrected chi connectivity index (χ3v) is 5.07. The molecule has 0 saturated heterocycles. The van der Waals surface area contributed by atoms with Crippen molar-refractivity contribution in [3.8, 4) is 10.6 Å². The fraction of sp³-hybridized carbons (Fsp3) is 0.292. The van der Waals surface area contributed by atoms with Gasteiger partial charge in [-0.25, -0.2) is 9.78 Å². The van der Waals surface area contributed by atoms with Gasteiger partial charge in [-0.1, -0.05) is 31.4 Å². The first-order valence-corrected chi connectivity index (χ1v) is 11.1. The van der Waals surface area contributed by atoms with Crippen molar-refractivity contribution >= 4 is 35.1 Å². The maximum absolute atomic E-state index is 12.5. The zero-order valence-electron chi connectivity index (χ0n) is 19.5. The van der Waals surface area contributed by atoms with Crippen LogP contribution in [0.3, 0.4) is 0 Å². The van der Waals surface area contributed by atoms with E-state index >= 15 is 0 Å². The lowest BCUT2D eigenvalue weighted by Crippen LogP contribution is -2.35. The SMILES string of the molecule is C=C(NC(=O)c1csc(-c2cccc(CCC(=O)OC(C)(C)C)c2)n1)C(=O)NC(=C)C(=O)OC. The predicted molar refractivity (Wildman–Crippen MR) is 128 cm³/mol. The zero-order valence-corrected chi connectivity index (χ0v) is 20.3. The molecule has 0 spiro atoms. The van der Waals surface area contributed by atoms with Crippen molar-refractivity contribution in [3.05, 3.63) is 65.5 Å². The molecule has 0 radical (unpaired) electrons. The topological polar surface area (TPSA) is 124 Å². The Morgan fingerprint density at radius 3 is 2.44 bits per heavy atom. The van der Waals surface area contributed by atoms with Crippen LogP contribution in [-0.4, -0.2) is 41.4 Å². The Morgan fingerprint density at radius 1 is 1.09 bits per heavy atom. The second-order valence-corrected chi connectivity index (χ2v) is 9.04. The largest absolute Gasteiger partial charge is 0.464 e. The third-order valence-electron chi connectivity index (χ3n) is 4.18. The smallest absolute Gasteiger partial charge is 0.353 e. The molecule has 1 heterocycles. The molecule has 180 valence electrons. The molecule has 0 fully saturated rings. The minimum Gasteiger partial charge on any atom is -0.464 e. The van der Waals surface area contributed by atoms with Gasteiger partial charge in [-0.05, 0) is 38.8 Å². The van der Waals surface area contributed by atoms with Crippen LogP contribution in [0.4, 0.5) is 0 Å². The van der Waals surface area contributed by atoms with Crippen molar-refractivity contribution in [1.82, 2.24) is 15.6 Å². The number of hydrogen-bond donors (Lipinski definition) is 2. The van der Waals surface area contributed by atoms with Gasteiger partial charge in [0.25, 0.3) is 11.8 Å². The Labute approximate surface area is 201 Å². The summed E-state index contributed by atoms with van der Waals surface area (Å²) in [6, 6.07) is 7.50. The molecule has 0 saturated carbocycles. The summed E-state index contributed by atoms with van der Waals surface area (Å²) in [6.07, 6.45) is 0.756. The highest BCUT2D eigenvalue weighted by atomic mass is 32.1. The van der Waals surface area contributed by atoms with Gasteiger partial charge in [0, 0.05) is 17.4 Å². The second-order valence-electron chi connectivity index (χ2n) is 8.18. The number of hydrogen-bond acceptors (Lipinski definition) is 8. The third kappa shape index (κ3) is 7.96. The number of ether oxygens (including phenoxy) is 2. The van der Waals surface area contributed by atoms with Crippen molar-refractivity contribution in [2.75, 3.05) is 7.11 Å². The number of carbonyl (C=O) groups is 4. The molecule has 10 heteroatoms. The van der Waals surface area contributed by atoms with Crippen LogP contribution in [0, 0.1) is 0 Å². The standard InChI is InChI=1S/C24H27N3O6S/c1-14(20(29)26-15(2)23(31)32-6)25-21(30)18-13-34-22(27-18)17-9-7-8-16(12-17)10-11-19(28)33-24(3,4)5/h7-9,12-13H,1-2,10-11H2,3-6H3,(H,25,30)(H,26,29). The molecule has 1 aromatic carbocycles. The van der Waals surface area contributed by atoms with Crippen LogP contribution in [0.1, 0.15) is 43.2 Å². The molecule has 0 unspecified atom stereocenters. The van der Waals surface area contributed by atoms with Crippen molar-refractivity contribution in [1.29, 1.82) is 0 Å². The highest BCUT2D eigenvalue weighted by molar-refractivity contribution is 7.13. The molecular formula is C24H27N3O6S. The fourth-order valence-electron chi connectivity index (χ4n) is 2.65. The normalized spacial score (nSPS) is 10.7. The summed E-state index contributed by atoms with van der Waals surface area (Å²) < 4.78 is 9.77. The molecular weight excluding hydrogens is 458 g/mol. The summed E-state index contributed by atoms with van der Waals surface area (Å²) in [5, 5.41) is 6.67. The van der Waals surface area contributed by atoms with Gasteiger partial charge < -0.3 is 20.1 Å². The molecule has 0 aliphatic heterocycles. The van der Waals surface area contributed by atoms with E-state index in [0.29, 0.717) is 11.4 Å². The number of amides is 2. The highest BCUT2D eigenvalue weighted by Crippen LogP contribution is 2.25. The predicted octanol–water partition coefficient (Wildman–Crippen LogP) is 3.13. The van der Waals surface area contributed by atoms with Crippen molar-refractivity contribution < 1.29 is 28.7 Å². The van der Waals surface area contributed by atoms with Crippen LogP contribution in [0.15, 0.2) is 54.2 Å². The van der Waals surface area contributed by atoms with Crippen LogP contribution in [-0.2, 0) is 30.3 Å². The first-order chi connectivity index (χ1) is 15.9. The van der Waals surface area contributed by atoms with Gasteiger partial charge in [0.05, 0.1) is 12.8 Å². The minimum absolute atomic E-state index is 0.0971. The first-order valence-electron chi connectivity index (χ1n) is 10.2. The number of methoxy groups -OCH3 is 1. The molecule has 2 rings (SSSR count). The zero-order chi connectivity index (χ0) is 25.5.